The van der Waals surface area contributed by atoms with Gasteiger partial charge in [-0.2, -0.15) is 13.2 Å². The summed E-state index contributed by atoms with van der Waals surface area (Å²) in [6.07, 6.45) is -4.42. The fraction of sp³-hybridized carbons (Fsp3) is 0.750. The predicted octanol–water partition coefficient (Wildman–Crippen LogP) is 1.32. The van der Waals surface area contributed by atoms with Gasteiger partial charge in [0.25, 0.3) is 0 Å². The highest BCUT2D eigenvalue weighted by molar-refractivity contribution is 5.90. The summed E-state index contributed by atoms with van der Waals surface area (Å²) in [4.78, 5) is 4.15. The molecule has 1 heterocycles. The first-order chi connectivity index (χ1) is 4.11. The van der Waals surface area contributed by atoms with Crippen LogP contribution < -0.4 is 0 Å². The van der Waals surface area contributed by atoms with E-state index in [1.165, 1.54) is 0 Å². The van der Waals surface area contributed by atoms with Gasteiger partial charge in [0.05, 0.1) is 0 Å². The largest absolute Gasteiger partial charge is 0.432 e. The highest BCUT2D eigenvalue weighted by Crippen LogP contribution is 2.22. The number of hydrogen-bond donors (Lipinski definition) is 0. The minimum Gasteiger partial charge on any atom is -0.395 e. The Hall–Kier alpha value is -0.740. The molecule has 0 aromatic carbocycles. The molecule has 2 nitrogen and oxygen atoms in total. The molecule has 0 aliphatic carbocycles. The molecule has 0 saturated heterocycles. The van der Waals surface area contributed by atoms with Gasteiger partial charge < -0.3 is 4.84 Å². The van der Waals surface area contributed by atoms with Gasteiger partial charge in [-0.1, -0.05) is 5.16 Å². The van der Waals surface area contributed by atoms with Crippen LogP contribution >= 0.6 is 0 Å². The van der Waals surface area contributed by atoms with Gasteiger partial charge in [-0.3, -0.25) is 0 Å². The SMILES string of the molecule is FC(F)(F)C1=NOCC1. The lowest BCUT2D eigenvalue weighted by Gasteiger charge is -2.00. The zero-order chi connectivity index (χ0) is 6.91. The summed E-state index contributed by atoms with van der Waals surface area (Å²) in [6, 6.07) is 0. The van der Waals surface area contributed by atoms with Crippen molar-refractivity contribution in [1.29, 1.82) is 0 Å². The Morgan fingerprint density at radius 2 is 2.11 bits per heavy atom. The van der Waals surface area contributed by atoms with E-state index in [0.717, 1.165) is 0 Å². The van der Waals surface area contributed by atoms with Crippen LogP contribution in [0.3, 0.4) is 0 Å². The molecule has 1 rings (SSSR count). The molecule has 1 aliphatic rings. The average Bonchev–Trinajstić information content (AvgIpc) is 2.08. The summed E-state index contributed by atoms with van der Waals surface area (Å²) in [7, 11) is 0. The van der Waals surface area contributed by atoms with Gasteiger partial charge in [-0.05, 0) is 0 Å². The number of halogens is 3. The molecule has 0 radical (unpaired) electrons. The molecule has 0 N–H and O–H groups in total. The van der Waals surface area contributed by atoms with E-state index in [1.54, 1.807) is 0 Å². The molecule has 0 aromatic rings. The third-order valence-corrected chi connectivity index (χ3v) is 0.932. The van der Waals surface area contributed by atoms with Gasteiger partial charge >= 0.3 is 6.18 Å². The van der Waals surface area contributed by atoms with Crippen LogP contribution in [0.2, 0.25) is 0 Å². The quantitative estimate of drug-likeness (QED) is 0.496. The average molecular weight is 139 g/mol. The lowest BCUT2D eigenvalue weighted by Crippen LogP contribution is -2.20. The van der Waals surface area contributed by atoms with Gasteiger partial charge in [0.1, 0.15) is 6.61 Å². The van der Waals surface area contributed by atoms with Crippen molar-refractivity contribution >= 4 is 5.71 Å². The second kappa shape index (κ2) is 1.89. The second-order valence-electron chi connectivity index (χ2n) is 1.62. The Kier molecular flexibility index (Phi) is 1.34. The fourth-order valence-electron chi connectivity index (χ4n) is 0.505. The standard InChI is InChI=1S/C4H4F3NO/c5-4(6,7)3-1-2-9-8-3/h1-2H2. The summed E-state index contributed by atoms with van der Waals surface area (Å²) in [5.41, 5.74) is -0.817. The normalized spacial score (nSPS) is 19.2. The maximum Gasteiger partial charge on any atom is 0.432 e. The van der Waals surface area contributed by atoms with Gasteiger partial charge in [0, 0.05) is 6.42 Å². The van der Waals surface area contributed by atoms with Crippen LogP contribution in [0.4, 0.5) is 13.2 Å². The predicted molar refractivity (Wildman–Crippen MR) is 24.1 cm³/mol. The van der Waals surface area contributed by atoms with Crippen molar-refractivity contribution in [3.05, 3.63) is 0 Å². The van der Waals surface area contributed by atoms with Crippen molar-refractivity contribution in [2.45, 2.75) is 12.6 Å². The van der Waals surface area contributed by atoms with Crippen molar-refractivity contribution < 1.29 is 18.0 Å². The molecule has 0 saturated carbocycles. The van der Waals surface area contributed by atoms with Crippen LogP contribution in [0, 0.1) is 0 Å². The first-order valence-corrected chi connectivity index (χ1v) is 2.37. The molecule has 5 heteroatoms. The van der Waals surface area contributed by atoms with Crippen molar-refractivity contribution in [2.75, 3.05) is 6.61 Å². The molecule has 0 spiro atoms. The molecule has 0 aromatic heterocycles. The monoisotopic (exact) mass is 139 g/mol. The summed E-state index contributed by atoms with van der Waals surface area (Å²) in [5.74, 6) is 0. The van der Waals surface area contributed by atoms with Gasteiger partial charge in [-0.25, -0.2) is 0 Å². The highest BCUT2D eigenvalue weighted by Gasteiger charge is 2.37. The second-order valence-corrected chi connectivity index (χ2v) is 1.62. The molecule has 0 bridgehead atoms. The molecule has 52 valence electrons. The Bertz CT molecular complexity index is 139. The lowest BCUT2D eigenvalue weighted by molar-refractivity contribution is -0.0604. The Balaban J connectivity index is 2.61. The summed E-state index contributed by atoms with van der Waals surface area (Å²) < 4.78 is 34.6. The Labute approximate surface area is 49.3 Å². The molecular weight excluding hydrogens is 135 g/mol. The summed E-state index contributed by atoms with van der Waals surface area (Å²) >= 11 is 0. The number of oxime groups is 1. The van der Waals surface area contributed by atoms with Crippen molar-refractivity contribution in [1.82, 2.24) is 0 Å². The fourth-order valence-corrected chi connectivity index (χ4v) is 0.505. The third kappa shape index (κ3) is 1.34. The van der Waals surface area contributed by atoms with Crippen LogP contribution in [0.5, 0.6) is 0 Å². The van der Waals surface area contributed by atoms with E-state index in [1.807, 2.05) is 0 Å². The smallest absolute Gasteiger partial charge is 0.395 e. The molecule has 0 fully saturated rings. The maximum atomic E-state index is 11.5. The topological polar surface area (TPSA) is 21.6 Å². The molecular formula is C4H4F3NO. The number of alkyl halides is 3. The van der Waals surface area contributed by atoms with Crippen LogP contribution in [-0.4, -0.2) is 18.5 Å². The van der Waals surface area contributed by atoms with Crippen LogP contribution in [0.25, 0.3) is 0 Å². The first-order valence-electron chi connectivity index (χ1n) is 2.37. The number of nitrogens with zero attached hydrogens (tertiary/aromatic N) is 1. The maximum absolute atomic E-state index is 11.5. The molecule has 0 atom stereocenters. The molecule has 1 aliphatic heterocycles. The molecule has 0 amide bonds. The Morgan fingerprint density at radius 3 is 2.33 bits per heavy atom. The lowest BCUT2D eigenvalue weighted by atomic mass is 10.3. The van der Waals surface area contributed by atoms with E-state index in [0.29, 0.717) is 0 Å². The van der Waals surface area contributed by atoms with E-state index < -0.39 is 11.9 Å². The van der Waals surface area contributed by atoms with E-state index in [2.05, 4.69) is 9.99 Å². The number of rotatable bonds is 0. The van der Waals surface area contributed by atoms with E-state index in [9.17, 15) is 13.2 Å². The summed E-state index contributed by atoms with van der Waals surface area (Å²) in [6.45, 7) is 0.0504. The number of hydrogen-bond acceptors (Lipinski definition) is 2. The Morgan fingerprint density at radius 1 is 1.44 bits per heavy atom. The van der Waals surface area contributed by atoms with Gasteiger partial charge in [0.15, 0.2) is 5.71 Å². The van der Waals surface area contributed by atoms with Crippen molar-refractivity contribution in [2.24, 2.45) is 5.16 Å². The molecule has 0 unspecified atom stereocenters. The van der Waals surface area contributed by atoms with E-state index >= 15 is 0 Å². The highest BCUT2D eigenvalue weighted by atomic mass is 19.4. The van der Waals surface area contributed by atoms with Gasteiger partial charge in [0.2, 0.25) is 0 Å². The van der Waals surface area contributed by atoms with E-state index in [-0.39, 0.29) is 13.0 Å². The van der Waals surface area contributed by atoms with Crippen LogP contribution in [0.1, 0.15) is 6.42 Å². The van der Waals surface area contributed by atoms with Crippen molar-refractivity contribution in [3.63, 3.8) is 0 Å². The van der Waals surface area contributed by atoms with Crippen molar-refractivity contribution in [3.8, 4) is 0 Å². The van der Waals surface area contributed by atoms with E-state index in [4.69, 9.17) is 0 Å². The zero-order valence-electron chi connectivity index (χ0n) is 4.40. The zero-order valence-corrected chi connectivity index (χ0v) is 4.40. The summed E-state index contributed by atoms with van der Waals surface area (Å²) in [5, 5.41) is 2.80. The van der Waals surface area contributed by atoms with Gasteiger partial charge in [-0.15, -0.1) is 0 Å². The van der Waals surface area contributed by atoms with Crippen LogP contribution in [-0.2, 0) is 4.84 Å². The van der Waals surface area contributed by atoms with Crippen LogP contribution in [0.15, 0.2) is 5.16 Å². The molecule has 9 heavy (non-hydrogen) atoms. The third-order valence-electron chi connectivity index (χ3n) is 0.932. The first kappa shape index (κ1) is 6.38. The minimum absolute atomic E-state index is 0.0504. The minimum atomic E-state index is -4.30.